The van der Waals surface area contributed by atoms with E-state index in [0.29, 0.717) is 29.4 Å². The van der Waals surface area contributed by atoms with Gasteiger partial charge in [0.1, 0.15) is 23.0 Å². The first-order chi connectivity index (χ1) is 13.6. The fourth-order valence-electron chi connectivity index (χ4n) is 2.37. The molecule has 2 aromatic heterocycles. The molecule has 0 radical (unpaired) electrons. The third-order valence-corrected chi connectivity index (χ3v) is 3.92. The second kappa shape index (κ2) is 9.33. The molecule has 1 amide bonds. The van der Waals surface area contributed by atoms with E-state index in [2.05, 4.69) is 32.6 Å². The first kappa shape index (κ1) is 22.1. The van der Waals surface area contributed by atoms with Crippen LogP contribution in [0.15, 0.2) is 41.2 Å². The summed E-state index contributed by atoms with van der Waals surface area (Å²) in [6.07, 6.45) is 4.47. The molecule has 0 spiro atoms. The lowest BCUT2D eigenvalue weighted by molar-refractivity contribution is 0.0692. The van der Waals surface area contributed by atoms with Crippen LogP contribution in [-0.2, 0) is 6.54 Å². The maximum atomic E-state index is 13.0. The van der Waals surface area contributed by atoms with Gasteiger partial charge in [0.25, 0.3) is 5.91 Å². The molecule has 0 saturated carbocycles. The molecule has 0 bridgehead atoms. The number of H-pyrrole nitrogens is 1. The molecule has 156 valence electrons. The van der Waals surface area contributed by atoms with Crippen molar-refractivity contribution in [3.63, 3.8) is 0 Å². The number of halogens is 1. The number of nitrogens with zero attached hydrogens (tertiary/aromatic N) is 2. The summed E-state index contributed by atoms with van der Waals surface area (Å²) in [5.41, 5.74) is 1.17. The van der Waals surface area contributed by atoms with Crippen molar-refractivity contribution in [2.45, 2.75) is 39.8 Å². The molecule has 29 heavy (non-hydrogen) atoms. The molecular weight excluding hydrogens is 377 g/mol. The van der Waals surface area contributed by atoms with Gasteiger partial charge in [0.15, 0.2) is 0 Å². The maximum absolute atomic E-state index is 13.0. The Balaban J connectivity index is 2.10. The van der Waals surface area contributed by atoms with Crippen molar-refractivity contribution in [1.29, 1.82) is 0 Å². The molecule has 2 heterocycles. The number of aryl methyl sites for hydroxylation is 1. The number of hydrogen-bond acceptors (Lipinski definition) is 6. The van der Waals surface area contributed by atoms with Crippen LogP contribution in [0.25, 0.3) is 5.57 Å². The largest absolute Gasteiger partial charge is 0.389 e. The van der Waals surface area contributed by atoms with E-state index in [9.17, 15) is 14.3 Å². The molecule has 0 fully saturated rings. The van der Waals surface area contributed by atoms with Crippen LogP contribution in [0.4, 0.5) is 10.2 Å². The Kier molecular flexibility index (Phi) is 7.11. The molecular formula is C20H26FN5O3. The number of carbonyl (C=O) groups is 1. The van der Waals surface area contributed by atoms with Gasteiger partial charge in [-0.05, 0) is 33.8 Å². The van der Waals surface area contributed by atoms with Crippen molar-refractivity contribution < 1.29 is 18.8 Å². The van der Waals surface area contributed by atoms with Gasteiger partial charge < -0.3 is 20.3 Å². The molecule has 0 aliphatic heterocycles. The van der Waals surface area contributed by atoms with Gasteiger partial charge >= 0.3 is 0 Å². The predicted octanol–water partition coefficient (Wildman–Crippen LogP) is 3.26. The zero-order valence-electron chi connectivity index (χ0n) is 17.0. The highest BCUT2D eigenvalue weighted by atomic mass is 19.1. The van der Waals surface area contributed by atoms with E-state index in [1.165, 1.54) is 13.0 Å². The van der Waals surface area contributed by atoms with E-state index in [1.54, 1.807) is 39.0 Å². The summed E-state index contributed by atoms with van der Waals surface area (Å²) in [5, 5.41) is 26.1. The molecule has 0 aliphatic carbocycles. The Hall–Kier alpha value is -3.20. The summed E-state index contributed by atoms with van der Waals surface area (Å²) in [6, 6.07) is 1.56. The van der Waals surface area contributed by atoms with Gasteiger partial charge in [0.05, 0.1) is 11.4 Å². The number of rotatable bonds is 9. The van der Waals surface area contributed by atoms with Gasteiger partial charge in [0, 0.05) is 30.3 Å². The predicted molar refractivity (Wildman–Crippen MR) is 109 cm³/mol. The second-order valence-electron chi connectivity index (χ2n) is 7.16. The minimum Gasteiger partial charge on any atom is -0.389 e. The van der Waals surface area contributed by atoms with Gasteiger partial charge in [-0.25, -0.2) is 4.39 Å². The highest BCUT2D eigenvalue weighted by Gasteiger charge is 2.18. The number of amides is 1. The minimum atomic E-state index is -1.01. The Morgan fingerprint density at radius 3 is 2.79 bits per heavy atom. The van der Waals surface area contributed by atoms with Crippen molar-refractivity contribution in [2.24, 2.45) is 0 Å². The van der Waals surface area contributed by atoms with Crippen molar-refractivity contribution in [3.8, 4) is 0 Å². The summed E-state index contributed by atoms with van der Waals surface area (Å²) in [7, 11) is 0. The molecule has 4 N–H and O–H groups in total. The molecule has 0 aromatic carbocycles. The molecule has 0 atom stereocenters. The van der Waals surface area contributed by atoms with Crippen LogP contribution in [0.1, 0.15) is 48.3 Å². The summed E-state index contributed by atoms with van der Waals surface area (Å²) in [6.45, 7) is 10.5. The number of nitrogens with one attached hydrogen (secondary N) is 3. The highest BCUT2D eigenvalue weighted by molar-refractivity contribution is 5.93. The third kappa shape index (κ3) is 6.42. The van der Waals surface area contributed by atoms with Gasteiger partial charge in [-0.3, -0.25) is 9.89 Å². The number of aromatic amines is 1. The fourth-order valence-corrected chi connectivity index (χ4v) is 2.37. The lowest BCUT2D eigenvalue weighted by Gasteiger charge is -2.16. The normalized spacial score (nSPS) is 12.8. The maximum Gasteiger partial charge on any atom is 0.269 e. The average molecular weight is 403 g/mol. The number of aliphatic hydroxyl groups is 1. The van der Waals surface area contributed by atoms with E-state index < -0.39 is 5.60 Å². The van der Waals surface area contributed by atoms with Crippen molar-refractivity contribution in [1.82, 2.24) is 20.7 Å². The monoisotopic (exact) mass is 403 g/mol. The number of hydrogen-bond donors (Lipinski definition) is 4. The van der Waals surface area contributed by atoms with E-state index in [1.807, 2.05) is 0 Å². The number of carbonyl (C=O) groups excluding carboxylic acids is 1. The van der Waals surface area contributed by atoms with Gasteiger partial charge in [-0.2, -0.15) is 5.10 Å². The van der Waals surface area contributed by atoms with Crippen LogP contribution in [0.2, 0.25) is 0 Å². The molecule has 8 nitrogen and oxygen atoms in total. The van der Waals surface area contributed by atoms with Crippen molar-refractivity contribution in [3.05, 3.63) is 59.4 Å². The molecule has 2 aromatic rings. The number of anilines is 1. The van der Waals surface area contributed by atoms with Crippen LogP contribution in [0.3, 0.4) is 0 Å². The van der Waals surface area contributed by atoms with Crippen LogP contribution >= 0.6 is 0 Å². The molecule has 0 aliphatic rings. The minimum absolute atomic E-state index is 0.111. The SMILES string of the molecule is C=C/C(=C\C=C(/C)F)c1noc(C)c1CNc1cc(C(=O)NCC(C)(C)O)[nH]n1. The Morgan fingerprint density at radius 1 is 1.45 bits per heavy atom. The van der Waals surface area contributed by atoms with Gasteiger partial charge in [-0.1, -0.05) is 23.9 Å². The lowest BCUT2D eigenvalue weighted by Crippen LogP contribution is -2.38. The zero-order chi connectivity index (χ0) is 21.6. The summed E-state index contributed by atoms with van der Waals surface area (Å²) in [4.78, 5) is 12.1. The topological polar surface area (TPSA) is 116 Å². The fraction of sp³-hybridized carbons (Fsp3) is 0.350. The number of allylic oxidation sites excluding steroid dienone is 5. The molecule has 0 saturated heterocycles. The van der Waals surface area contributed by atoms with Crippen molar-refractivity contribution >= 4 is 17.3 Å². The average Bonchev–Trinajstić information content (AvgIpc) is 3.25. The van der Waals surface area contributed by atoms with E-state index in [4.69, 9.17) is 4.52 Å². The second-order valence-corrected chi connectivity index (χ2v) is 7.16. The molecule has 2 rings (SSSR count). The quantitative estimate of drug-likeness (QED) is 0.478. The summed E-state index contributed by atoms with van der Waals surface area (Å²) >= 11 is 0. The van der Waals surface area contributed by atoms with Gasteiger partial charge in [-0.15, -0.1) is 0 Å². The summed E-state index contributed by atoms with van der Waals surface area (Å²) in [5.74, 6) is 0.337. The first-order valence-electron chi connectivity index (χ1n) is 9.02. The van der Waals surface area contributed by atoms with Crippen LogP contribution in [0, 0.1) is 6.92 Å². The first-order valence-corrected chi connectivity index (χ1v) is 9.02. The zero-order valence-corrected chi connectivity index (χ0v) is 17.0. The highest BCUT2D eigenvalue weighted by Crippen LogP contribution is 2.23. The standard InChI is InChI=1S/C20H26FN5O3/c1-6-14(8-7-12(2)21)18-15(13(3)29-26-18)10-22-17-9-16(24-25-17)19(27)23-11-20(4,5)28/h6-9,28H,1,10-11H2,2-5H3,(H,23,27)(H2,22,24,25)/b12-7+,14-8+. The lowest BCUT2D eigenvalue weighted by atomic mass is 10.1. The van der Waals surface area contributed by atoms with Crippen LogP contribution in [0.5, 0.6) is 0 Å². The Bertz CT molecular complexity index is 930. The van der Waals surface area contributed by atoms with E-state index in [-0.39, 0.29) is 24.0 Å². The number of aromatic nitrogens is 3. The smallest absolute Gasteiger partial charge is 0.269 e. The third-order valence-electron chi connectivity index (χ3n) is 3.92. The van der Waals surface area contributed by atoms with E-state index >= 15 is 0 Å². The Labute approximate surface area is 168 Å². The van der Waals surface area contributed by atoms with Gasteiger partial charge in [0.2, 0.25) is 0 Å². The van der Waals surface area contributed by atoms with E-state index in [0.717, 1.165) is 5.56 Å². The molecule has 9 heteroatoms. The summed E-state index contributed by atoms with van der Waals surface area (Å²) < 4.78 is 18.3. The molecule has 0 unspecified atom stereocenters. The van der Waals surface area contributed by atoms with Crippen LogP contribution < -0.4 is 10.6 Å². The Morgan fingerprint density at radius 2 is 2.17 bits per heavy atom. The van der Waals surface area contributed by atoms with Crippen molar-refractivity contribution in [2.75, 3.05) is 11.9 Å². The van der Waals surface area contributed by atoms with Crippen LogP contribution in [-0.4, -0.2) is 38.5 Å².